The standard InChI is InChI=1S/C13H12ClNO5/c1-6-4-7(9-5-8(13(16)17)15-20-9)12(19-3)10(14)11(6)18-2/h4-5H,1-3H3,(H,16,17). The van der Waals surface area contributed by atoms with Gasteiger partial charge in [-0.25, -0.2) is 4.79 Å². The van der Waals surface area contributed by atoms with Gasteiger partial charge in [0.25, 0.3) is 0 Å². The van der Waals surface area contributed by atoms with Crippen molar-refractivity contribution in [1.82, 2.24) is 5.16 Å². The zero-order valence-corrected chi connectivity index (χ0v) is 11.8. The fraction of sp³-hybridized carbons (Fsp3) is 0.231. The van der Waals surface area contributed by atoms with Crippen LogP contribution in [0.1, 0.15) is 16.1 Å². The molecule has 2 aromatic rings. The van der Waals surface area contributed by atoms with Crippen molar-refractivity contribution in [3.05, 3.63) is 28.4 Å². The van der Waals surface area contributed by atoms with E-state index in [1.54, 1.807) is 6.07 Å². The molecule has 0 radical (unpaired) electrons. The molecule has 0 aliphatic heterocycles. The van der Waals surface area contributed by atoms with Gasteiger partial charge in [-0.05, 0) is 18.6 Å². The summed E-state index contributed by atoms with van der Waals surface area (Å²) >= 11 is 6.21. The fourth-order valence-corrected chi connectivity index (χ4v) is 2.28. The quantitative estimate of drug-likeness (QED) is 0.934. The number of benzene rings is 1. The Morgan fingerprint density at radius 2 is 1.95 bits per heavy atom. The minimum Gasteiger partial charge on any atom is -0.495 e. The lowest BCUT2D eigenvalue weighted by molar-refractivity contribution is 0.0686. The Hall–Kier alpha value is -2.21. The monoisotopic (exact) mass is 297 g/mol. The van der Waals surface area contributed by atoms with Crippen LogP contribution >= 0.6 is 11.6 Å². The summed E-state index contributed by atoms with van der Waals surface area (Å²) in [7, 11) is 2.96. The minimum absolute atomic E-state index is 0.188. The molecule has 0 unspecified atom stereocenters. The second-order valence-electron chi connectivity index (χ2n) is 4.00. The summed E-state index contributed by atoms with van der Waals surface area (Å²) in [6.07, 6.45) is 0. The molecule has 7 heteroatoms. The third-order valence-electron chi connectivity index (χ3n) is 2.77. The van der Waals surface area contributed by atoms with Gasteiger partial charge in [0.05, 0.1) is 19.8 Å². The number of aromatic nitrogens is 1. The SMILES string of the molecule is COc1c(C)cc(-c2cc(C(=O)O)no2)c(OC)c1Cl. The van der Waals surface area contributed by atoms with E-state index in [4.69, 9.17) is 30.7 Å². The molecule has 1 aromatic carbocycles. The van der Waals surface area contributed by atoms with E-state index < -0.39 is 5.97 Å². The minimum atomic E-state index is -1.17. The number of hydrogen-bond acceptors (Lipinski definition) is 5. The highest BCUT2D eigenvalue weighted by Gasteiger charge is 2.21. The van der Waals surface area contributed by atoms with Gasteiger partial charge < -0.3 is 19.1 Å². The van der Waals surface area contributed by atoms with Gasteiger partial charge in [-0.2, -0.15) is 0 Å². The van der Waals surface area contributed by atoms with Crippen LogP contribution in [-0.4, -0.2) is 30.5 Å². The third kappa shape index (κ3) is 2.30. The average Bonchev–Trinajstić information content (AvgIpc) is 2.88. The predicted molar refractivity (Wildman–Crippen MR) is 71.7 cm³/mol. The summed E-state index contributed by atoms with van der Waals surface area (Å²) in [4.78, 5) is 10.8. The molecule has 0 amide bonds. The fourth-order valence-electron chi connectivity index (χ4n) is 1.88. The zero-order valence-electron chi connectivity index (χ0n) is 11.1. The number of carboxylic acids is 1. The molecule has 0 aliphatic rings. The Kier molecular flexibility index (Phi) is 3.85. The Morgan fingerprint density at radius 3 is 2.45 bits per heavy atom. The first kappa shape index (κ1) is 14.2. The van der Waals surface area contributed by atoms with Gasteiger partial charge in [-0.1, -0.05) is 16.8 Å². The molecule has 1 heterocycles. The van der Waals surface area contributed by atoms with Crippen LogP contribution in [0.2, 0.25) is 5.02 Å². The normalized spacial score (nSPS) is 10.4. The number of carboxylic acid groups (broad SMARTS) is 1. The Morgan fingerprint density at radius 1 is 1.30 bits per heavy atom. The summed E-state index contributed by atoms with van der Waals surface area (Å²) in [6.45, 7) is 1.81. The first-order chi connectivity index (χ1) is 9.49. The van der Waals surface area contributed by atoms with Crippen LogP contribution in [0.15, 0.2) is 16.7 Å². The number of halogens is 1. The van der Waals surface area contributed by atoms with E-state index in [0.29, 0.717) is 22.1 Å². The number of ether oxygens (including phenoxy) is 2. The molecule has 0 saturated heterocycles. The first-order valence-electron chi connectivity index (χ1n) is 5.61. The van der Waals surface area contributed by atoms with Gasteiger partial charge >= 0.3 is 5.97 Å². The molecule has 1 aromatic heterocycles. The van der Waals surface area contributed by atoms with Crippen molar-refractivity contribution in [2.75, 3.05) is 14.2 Å². The summed E-state index contributed by atoms with van der Waals surface area (Å²) in [5.74, 6) is -0.0883. The maximum absolute atomic E-state index is 10.8. The number of aryl methyl sites for hydroxylation is 1. The van der Waals surface area contributed by atoms with Crippen LogP contribution in [0.3, 0.4) is 0 Å². The second kappa shape index (κ2) is 5.42. The molecular weight excluding hydrogens is 286 g/mol. The molecule has 0 aliphatic carbocycles. The average molecular weight is 298 g/mol. The van der Waals surface area contributed by atoms with Crippen LogP contribution in [0.25, 0.3) is 11.3 Å². The molecule has 0 saturated carbocycles. The maximum atomic E-state index is 10.8. The van der Waals surface area contributed by atoms with Gasteiger partial charge in [0.1, 0.15) is 10.8 Å². The van der Waals surface area contributed by atoms with Crippen molar-refractivity contribution >= 4 is 17.6 Å². The molecule has 2 rings (SSSR count). The number of carbonyl (C=O) groups is 1. The van der Waals surface area contributed by atoms with Gasteiger partial charge in [-0.3, -0.25) is 0 Å². The number of rotatable bonds is 4. The highest BCUT2D eigenvalue weighted by atomic mass is 35.5. The van der Waals surface area contributed by atoms with Gasteiger partial charge in [0.15, 0.2) is 17.2 Å². The predicted octanol–water partition coefficient (Wildman–Crippen LogP) is 3.02. The van der Waals surface area contributed by atoms with E-state index in [1.165, 1.54) is 20.3 Å². The Balaban J connectivity index is 2.63. The van der Waals surface area contributed by atoms with Gasteiger partial charge in [0, 0.05) is 6.07 Å². The van der Waals surface area contributed by atoms with Crippen molar-refractivity contribution in [3.8, 4) is 22.8 Å². The van der Waals surface area contributed by atoms with E-state index in [9.17, 15) is 4.79 Å². The largest absolute Gasteiger partial charge is 0.495 e. The third-order valence-corrected chi connectivity index (χ3v) is 3.11. The van der Waals surface area contributed by atoms with Crippen LogP contribution in [0.5, 0.6) is 11.5 Å². The van der Waals surface area contributed by atoms with Crippen LogP contribution in [-0.2, 0) is 0 Å². The lowest BCUT2D eigenvalue weighted by Crippen LogP contribution is -1.96. The van der Waals surface area contributed by atoms with E-state index in [0.717, 1.165) is 5.56 Å². The van der Waals surface area contributed by atoms with Crippen molar-refractivity contribution in [1.29, 1.82) is 0 Å². The van der Waals surface area contributed by atoms with Crippen molar-refractivity contribution in [2.24, 2.45) is 0 Å². The highest BCUT2D eigenvalue weighted by Crippen LogP contribution is 2.44. The number of hydrogen-bond donors (Lipinski definition) is 1. The van der Waals surface area contributed by atoms with Crippen LogP contribution in [0.4, 0.5) is 0 Å². The second-order valence-corrected chi connectivity index (χ2v) is 4.38. The Bertz CT molecular complexity index is 665. The Labute approximate surface area is 119 Å². The molecule has 0 bridgehead atoms. The number of methoxy groups -OCH3 is 2. The van der Waals surface area contributed by atoms with Crippen LogP contribution in [0, 0.1) is 6.92 Å². The molecule has 0 atom stereocenters. The van der Waals surface area contributed by atoms with E-state index >= 15 is 0 Å². The van der Waals surface area contributed by atoms with Gasteiger partial charge in [-0.15, -0.1) is 0 Å². The van der Waals surface area contributed by atoms with E-state index in [1.807, 2.05) is 6.92 Å². The molecule has 0 fully saturated rings. The zero-order chi connectivity index (χ0) is 14.9. The lowest BCUT2D eigenvalue weighted by atomic mass is 10.1. The maximum Gasteiger partial charge on any atom is 0.358 e. The highest BCUT2D eigenvalue weighted by molar-refractivity contribution is 6.34. The van der Waals surface area contributed by atoms with Crippen LogP contribution < -0.4 is 9.47 Å². The lowest BCUT2D eigenvalue weighted by Gasteiger charge is -2.14. The molecule has 106 valence electrons. The molecule has 1 N–H and O–H groups in total. The smallest absolute Gasteiger partial charge is 0.358 e. The molecule has 0 spiro atoms. The summed E-state index contributed by atoms with van der Waals surface area (Å²) in [6, 6.07) is 3.04. The summed E-state index contributed by atoms with van der Waals surface area (Å²) in [5, 5.41) is 12.6. The number of nitrogens with zero attached hydrogens (tertiary/aromatic N) is 1. The summed E-state index contributed by atoms with van der Waals surface area (Å²) in [5.41, 5.74) is 1.09. The topological polar surface area (TPSA) is 81.8 Å². The van der Waals surface area contributed by atoms with Crippen molar-refractivity contribution in [3.63, 3.8) is 0 Å². The molecule has 6 nitrogen and oxygen atoms in total. The molecular formula is C13H12ClNO5. The van der Waals surface area contributed by atoms with E-state index in [2.05, 4.69) is 5.16 Å². The number of aromatic carboxylic acids is 1. The molecule has 20 heavy (non-hydrogen) atoms. The van der Waals surface area contributed by atoms with Gasteiger partial charge in [0.2, 0.25) is 0 Å². The first-order valence-corrected chi connectivity index (χ1v) is 5.98. The van der Waals surface area contributed by atoms with Crippen molar-refractivity contribution in [2.45, 2.75) is 6.92 Å². The van der Waals surface area contributed by atoms with E-state index in [-0.39, 0.29) is 11.5 Å². The van der Waals surface area contributed by atoms with Crippen molar-refractivity contribution < 1.29 is 23.9 Å². The summed E-state index contributed by atoms with van der Waals surface area (Å²) < 4.78 is 15.5.